The summed E-state index contributed by atoms with van der Waals surface area (Å²) in [6.07, 6.45) is 105. The van der Waals surface area contributed by atoms with Crippen LogP contribution in [0.3, 0.4) is 0 Å². The number of phosphoric acid groups is 2. The summed E-state index contributed by atoms with van der Waals surface area (Å²) in [6.45, 7) is 2.29. The van der Waals surface area contributed by atoms with Crippen molar-refractivity contribution in [3.63, 3.8) is 0 Å². The van der Waals surface area contributed by atoms with Crippen LogP contribution in [0, 0.1) is 0 Å². The summed E-state index contributed by atoms with van der Waals surface area (Å²) in [4.78, 5) is 58.8. The lowest BCUT2D eigenvalue weighted by atomic mass is 10.1. The van der Waals surface area contributed by atoms with Crippen molar-refractivity contribution in [3.8, 4) is 0 Å². The monoisotopic (exact) mass is 1530 g/mol. The van der Waals surface area contributed by atoms with Gasteiger partial charge in [-0.2, -0.15) is 0 Å². The zero-order valence-corrected chi connectivity index (χ0v) is 68.0. The molecule has 0 aliphatic heterocycles. The smallest absolute Gasteiger partial charge is 0.463 e. The molecule has 0 aliphatic carbocycles. The second kappa shape index (κ2) is 79.9. The molecule has 0 radical (unpaired) electrons. The van der Waals surface area contributed by atoms with Gasteiger partial charge in [0, 0.05) is 19.3 Å². The van der Waals surface area contributed by atoms with Crippen molar-refractivity contribution in [1.82, 2.24) is 0 Å². The van der Waals surface area contributed by atoms with Crippen molar-refractivity contribution in [2.45, 2.75) is 309 Å². The molecule has 0 aromatic rings. The van der Waals surface area contributed by atoms with Crippen LogP contribution in [-0.4, -0.2) is 95.9 Å². The summed E-state index contributed by atoms with van der Waals surface area (Å²) in [5.74, 6) is -1.62. The Labute approximate surface area is 648 Å². The van der Waals surface area contributed by atoms with E-state index in [1.54, 1.807) is 0 Å². The number of hydrogen-bond donors (Lipinski definition) is 4. The van der Waals surface area contributed by atoms with Crippen molar-refractivity contribution >= 4 is 33.6 Å². The van der Waals surface area contributed by atoms with Crippen molar-refractivity contribution in [2.75, 3.05) is 39.6 Å². The van der Waals surface area contributed by atoms with Crippen LogP contribution in [0.4, 0.5) is 0 Å². The molecule has 107 heavy (non-hydrogen) atoms. The molecule has 4 N–H and O–H groups in total. The third kappa shape index (κ3) is 81.2. The van der Waals surface area contributed by atoms with Crippen molar-refractivity contribution in [1.29, 1.82) is 0 Å². The molecule has 18 heteroatoms. The van der Waals surface area contributed by atoms with E-state index in [4.69, 9.17) is 32.3 Å². The fourth-order valence-corrected chi connectivity index (χ4v) is 11.8. The zero-order valence-electron chi connectivity index (χ0n) is 66.2. The Morgan fingerprint density at radius 1 is 0.262 bits per heavy atom. The van der Waals surface area contributed by atoms with Gasteiger partial charge in [-0.3, -0.25) is 32.5 Å². The van der Waals surface area contributed by atoms with E-state index >= 15 is 0 Å². The highest BCUT2D eigenvalue weighted by Gasteiger charge is 2.29. The Kier molecular flexibility index (Phi) is 75.7. The first-order valence-electron chi connectivity index (χ1n) is 40.7. The number of hydrogen-bond acceptors (Lipinski definition) is 14. The van der Waals surface area contributed by atoms with Crippen molar-refractivity contribution < 1.29 is 75.8 Å². The number of unbranched alkanes of at least 4 members (excludes halogenated alkanes) is 20. The molecule has 0 fully saturated rings. The second-order valence-electron chi connectivity index (χ2n) is 26.4. The van der Waals surface area contributed by atoms with Gasteiger partial charge in [0.25, 0.3) is 0 Å². The molecule has 0 aromatic heterocycles. The molecule has 0 aliphatic rings. The van der Waals surface area contributed by atoms with Gasteiger partial charge in [0.05, 0.1) is 26.4 Å². The lowest BCUT2D eigenvalue weighted by molar-refractivity contribution is -0.161. The average Bonchev–Trinajstić information content (AvgIpc) is 0.903. The van der Waals surface area contributed by atoms with E-state index in [-0.39, 0.29) is 19.3 Å². The van der Waals surface area contributed by atoms with Crippen LogP contribution in [0.2, 0.25) is 0 Å². The van der Waals surface area contributed by atoms with E-state index in [1.165, 1.54) is 0 Å². The van der Waals surface area contributed by atoms with Gasteiger partial charge in [-0.1, -0.05) is 305 Å². The maximum Gasteiger partial charge on any atom is 0.472 e. The van der Waals surface area contributed by atoms with Gasteiger partial charge in [-0.25, -0.2) is 9.13 Å². The van der Waals surface area contributed by atoms with Crippen LogP contribution < -0.4 is 0 Å². The number of phosphoric ester groups is 2. The molecule has 0 aromatic carbocycles. The van der Waals surface area contributed by atoms with Crippen molar-refractivity contribution in [3.05, 3.63) is 194 Å². The van der Waals surface area contributed by atoms with Gasteiger partial charge in [0.15, 0.2) is 6.10 Å². The number of allylic oxidation sites excluding steroid dienone is 32. The minimum Gasteiger partial charge on any atom is -0.463 e. The molecule has 0 heterocycles. The molecule has 0 spiro atoms. The summed E-state index contributed by atoms with van der Waals surface area (Å²) in [6, 6.07) is 0. The Morgan fingerprint density at radius 2 is 0.467 bits per heavy atom. The molecule has 5 atom stereocenters. The number of carbonyl (C=O) groups excluding carboxylic acids is 3. The van der Waals surface area contributed by atoms with Crippen LogP contribution in [0.5, 0.6) is 0 Å². The molecule has 0 amide bonds. The number of aliphatic hydroxyl groups excluding tert-OH is 2. The molecular weight excluding hydrogens is 1390 g/mol. The summed E-state index contributed by atoms with van der Waals surface area (Å²) in [5, 5.41) is 20.7. The second-order valence-corrected chi connectivity index (χ2v) is 29.3. The maximum absolute atomic E-state index is 13.0. The number of ether oxygens (including phenoxy) is 3. The Hall–Kier alpha value is -5.61. The van der Waals surface area contributed by atoms with E-state index in [0.29, 0.717) is 19.3 Å². The minimum absolute atomic E-state index is 0.0804. The van der Waals surface area contributed by atoms with E-state index in [9.17, 15) is 43.5 Å². The van der Waals surface area contributed by atoms with Gasteiger partial charge in [-0.15, -0.1) is 0 Å². The summed E-state index contributed by atoms with van der Waals surface area (Å²) in [5.41, 5.74) is 0. The van der Waals surface area contributed by atoms with Gasteiger partial charge >= 0.3 is 33.6 Å². The highest BCUT2D eigenvalue weighted by Crippen LogP contribution is 2.45. The molecular formula is C89H144O16P2. The molecule has 16 nitrogen and oxygen atoms in total. The Balaban J connectivity index is 4.76. The average molecular weight is 1530 g/mol. The lowest BCUT2D eigenvalue weighted by Crippen LogP contribution is -2.30. The zero-order chi connectivity index (χ0) is 78.0. The van der Waals surface area contributed by atoms with Crippen LogP contribution in [0.1, 0.15) is 290 Å². The summed E-state index contributed by atoms with van der Waals surface area (Å²) >= 11 is 0. The third-order valence-electron chi connectivity index (χ3n) is 16.3. The SMILES string of the molecule is CC/C=C\C/C=C\C/C=C\C/C=C\C/C=C\C/C=C\CCCCCCCCC(=O)OCC(O)COP(=O)(O)OCC(O)COP(=O)(O)OCC(COC(=O)CCCCCCCCC/C=C\C/C=C\C/C=C\C/C=C\C/C=C\CC)OC(=O)CCCCCCCCC/C=C\C/C=C\C/C=C\C/C=C\C/C=C\CC. The van der Waals surface area contributed by atoms with Crippen LogP contribution in [0.25, 0.3) is 0 Å². The molecule has 0 saturated carbocycles. The largest absolute Gasteiger partial charge is 0.472 e. The van der Waals surface area contributed by atoms with Gasteiger partial charge in [0.1, 0.15) is 25.4 Å². The Morgan fingerprint density at radius 3 is 0.738 bits per heavy atom. The number of rotatable bonds is 75. The van der Waals surface area contributed by atoms with E-state index in [2.05, 4.69) is 215 Å². The molecule has 0 rings (SSSR count). The molecule has 606 valence electrons. The first-order valence-corrected chi connectivity index (χ1v) is 43.7. The minimum atomic E-state index is -4.95. The molecule has 5 unspecified atom stereocenters. The standard InChI is InChI=1S/C89H144O16P2/c1-4-7-10-13-16-19-22-25-28-31-34-37-40-41-44-46-48-51-54-57-60-63-66-69-72-75-87(92)99-78-84(90)79-101-106(95,96)102-80-85(91)81-103-107(97,98)104-83-86(105-89(94)77-74-71-68-65-62-59-56-53-50-47-43-39-36-33-30-27-24-21-18-15-12-9-6-3)82-100-88(93)76-73-70-67-64-61-58-55-52-49-45-42-38-35-32-29-26-23-20-17-14-11-8-5-2/h7-12,16-21,25-30,34-39,41,44-45,47-51,84-86,90-91H,4-6,13-15,22-24,31-33,40,42-43,46,52-83H2,1-3H3,(H,95,96)(H,97,98)/b10-7-,11-8-,12-9-,19-16-,20-17-,21-18-,28-25-,29-26-,30-27-,37-34-,38-35-,39-36-,44-41-,49-45-,50-47-,51-48-. The Bertz CT molecular complexity index is 2720. The van der Waals surface area contributed by atoms with Crippen LogP contribution in [-0.2, 0) is 55.8 Å². The predicted octanol–water partition coefficient (Wildman–Crippen LogP) is 24.3. The van der Waals surface area contributed by atoms with E-state index < -0.39 is 91.5 Å². The fraction of sp³-hybridized carbons (Fsp3) is 0.607. The fourth-order valence-electron chi connectivity index (χ4n) is 10.2. The maximum atomic E-state index is 13.0. The first-order chi connectivity index (χ1) is 52.2. The van der Waals surface area contributed by atoms with E-state index in [0.717, 1.165) is 231 Å². The molecule has 0 bridgehead atoms. The van der Waals surface area contributed by atoms with Crippen LogP contribution in [0.15, 0.2) is 194 Å². The number of carbonyl (C=O) groups is 3. The third-order valence-corrected chi connectivity index (χ3v) is 18.2. The van der Waals surface area contributed by atoms with Gasteiger partial charge in [0.2, 0.25) is 0 Å². The summed E-state index contributed by atoms with van der Waals surface area (Å²) < 4.78 is 61.3. The van der Waals surface area contributed by atoms with Crippen molar-refractivity contribution in [2.24, 2.45) is 0 Å². The van der Waals surface area contributed by atoms with Crippen LogP contribution >= 0.6 is 15.6 Å². The number of aliphatic hydroxyl groups is 2. The lowest BCUT2D eigenvalue weighted by Gasteiger charge is -2.21. The normalized spacial score (nSPS) is 14.9. The number of esters is 3. The first kappa shape index (κ1) is 101. The highest BCUT2D eigenvalue weighted by atomic mass is 31.2. The predicted molar refractivity (Wildman–Crippen MR) is 444 cm³/mol. The quantitative estimate of drug-likeness (QED) is 0.0146. The molecule has 0 saturated heterocycles. The van der Waals surface area contributed by atoms with E-state index in [1.807, 2.05) is 0 Å². The topological polar surface area (TPSA) is 231 Å². The highest BCUT2D eigenvalue weighted by molar-refractivity contribution is 7.47. The van der Waals surface area contributed by atoms with Gasteiger partial charge in [-0.05, 0) is 161 Å². The van der Waals surface area contributed by atoms with Gasteiger partial charge < -0.3 is 34.2 Å². The summed E-state index contributed by atoms with van der Waals surface area (Å²) in [7, 11) is -9.83.